The maximum Gasteiger partial charge on any atom is 0.340 e. The molecule has 2 rings (SSSR count). The summed E-state index contributed by atoms with van der Waals surface area (Å²) in [6.45, 7) is 3.38. The maximum atomic E-state index is 12.1. The molecule has 24 heavy (non-hydrogen) atoms. The molecule has 126 valence electrons. The Bertz CT molecular complexity index is 752. The van der Waals surface area contributed by atoms with Crippen molar-refractivity contribution in [3.05, 3.63) is 58.1 Å². The van der Waals surface area contributed by atoms with E-state index in [1.54, 1.807) is 37.4 Å². The average Bonchev–Trinajstić information content (AvgIpc) is 2.55. The van der Waals surface area contributed by atoms with Crippen LogP contribution in [0.15, 0.2) is 36.4 Å². The third-order valence-electron chi connectivity index (χ3n) is 3.45. The summed E-state index contributed by atoms with van der Waals surface area (Å²) in [4.78, 5) is 24.1. The predicted octanol–water partition coefficient (Wildman–Crippen LogP) is 3.79. The minimum Gasteiger partial charge on any atom is -0.452 e. The van der Waals surface area contributed by atoms with Crippen LogP contribution in [-0.4, -0.2) is 25.5 Å². The molecule has 2 aromatic carbocycles. The molecule has 2 aromatic rings. The van der Waals surface area contributed by atoms with E-state index in [0.29, 0.717) is 22.0 Å². The van der Waals surface area contributed by atoms with E-state index in [4.69, 9.17) is 16.3 Å². The number of aryl methyl sites for hydroxylation is 2. The van der Waals surface area contributed by atoms with E-state index in [1.165, 1.54) is 0 Å². The van der Waals surface area contributed by atoms with Gasteiger partial charge in [0.05, 0.1) is 16.3 Å². The maximum absolute atomic E-state index is 12.1. The number of hydrogen-bond donors (Lipinski definition) is 2. The molecule has 0 fully saturated rings. The summed E-state index contributed by atoms with van der Waals surface area (Å²) in [5.41, 5.74) is 3.39. The van der Waals surface area contributed by atoms with Crippen molar-refractivity contribution in [1.82, 2.24) is 0 Å². The first-order valence-electron chi connectivity index (χ1n) is 7.43. The van der Waals surface area contributed by atoms with Crippen molar-refractivity contribution in [3.63, 3.8) is 0 Å². The van der Waals surface area contributed by atoms with E-state index >= 15 is 0 Å². The average molecular weight is 347 g/mol. The molecule has 0 aromatic heterocycles. The quantitative estimate of drug-likeness (QED) is 0.808. The Morgan fingerprint density at radius 2 is 1.88 bits per heavy atom. The lowest BCUT2D eigenvalue weighted by molar-refractivity contribution is -0.119. The zero-order valence-electron chi connectivity index (χ0n) is 13.8. The van der Waals surface area contributed by atoms with Gasteiger partial charge in [-0.1, -0.05) is 29.8 Å². The van der Waals surface area contributed by atoms with Gasteiger partial charge in [-0.25, -0.2) is 4.79 Å². The van der Waals surface area contributed by atoms with E-state index in [-0.39, 0.29) is 6.61 Å². The molecule has 0 radical (unpaired) electrons. The molecule has 0 bridgehead atoms. The van der Waals surface area contributed by atoms with Crippen LogP contribution in [0.3, 0.4) is 0 Å². The van der Waals surface area contributed by atoms with Crippen LogP contribution in [0, 0.1) is 13.8 Å². The number of benzene rings is 2. The summed E-state index contributed by atoms with van der Waals surface area (Å²) >= 11 is 6.15. The second kappa shape index (κ2) is 7.84. The molecule has 2 N–H and O–H groups in total. The van der Waals surface area contributed by atoms with Gasteiger partial charge < -0.3 is 15.4 Å². The number of esters is 1. The lowest BCUT2D eigenvalue weighted by Gasteiger charge is -2.12. The van der Waals surface area contributed by atoms with Gasteiger partial charge in [0.25, 0.3) is 5.91 Å². The number of halogens is 1. The largest absolute Gasteiger partial charge is 0.452 e. The summed E-state index contributed by atoms with van der Waals surface area (Å²) in [6, 6.07) is 10.6. The van der Waals surface area contributed by atoms with E-state index in [0.717, 1.165) is 11.1 Å². The third kappa shape index (κ3) is 4.26. The van der Waals surface area contributed by atoms with Crippen molar-refractivity contribution in [2.24, 2.45) is 0 Å². The highest BCUT2D eigenvalue weighted by atomic mass is 35.5. The Morgan fingerprint density at radius 1 is 1.17 bits per heavy atom. The molecule has 0 saturated carbocycles. The lowest BCUT2D eigenvalue weighted by atomic mass is 10.1. The smallest absolute Gasteiger partial charge is 0.340 e. The molecule has 5 nitrogen and oxygen atoms in total. The van der Waals surface area contributed by atoms with Gasteiger partial charge in [-0.15, -0.1) is 0 Å². The molecule has 0 saturated heterocycles. The Balaban J connectivity index is 2.00. The van der Waals surface area contributed by atoms with Crippen LogP contribution in [0.1, 0.15) is 21.5 Å². The third-order valence-corrected chi connectivity index (χ3v) is 3.74. The highest BCUT2D eigenvalue weighted by molar-refractivity contribution is 6.34. The van der Waals surface area contributed by atoms with Crippen LogP contribution >= 0.6 is 11.6 Å². The van der Waals surface area contributed by atoms with Gasteiger partial charge in [-0.2, -0.15) is 0 Å². The number of rotatable bonds is 5. The fraction of sp³-hybridized carbons (Fsp3) is 0.222. The molecular formula is C18H19ClN2O3. The summed E-state index contributed by atoms with van der Waals surface area (Å²) < 4.78 is 5.07. The first kappa shape index (κ1) is 17.8. The number of ether oxygens (including phenoxy) is 1. The number of nitrogens with one attached hydrogen (secondary N) is 2. The number of anilines is 2. The second-order valence-corrected chi connectivity index (χ2v) is 5.77. The number of para-hydroxylation sites is 1. The van der Waals surface area contributed by atoms with Gasteiger partial charge in [0.1, 0.15) is 0 Å². The van der Waals surface area contributed by atoms with Gasteiger partial charge in [-0.3, -0.25) is 4.79 Å². The second-order valence-electron chi connectivity index (χ2n) is 5.36. The highest BCUT2D eigenvalue weighted by Gasteiger charge is 2.15. The van der Waals surface area contributed by atoms with Crippen molar-refractivity contribution in [1.29, 1.82) is 0 Å². The summed E-state index contributed by atoms with van der Waals surface area (Å²) in [7, 11) is 1.71. The highest BCUT2D eigenvalue weighted by Crippen LogP contribution is 2.27. The van der Waals surface area contributed by atoms with Crippen molar-refractivity contribution in [3.8, 4) is 0 Å². The molecular weight excluding hydrogens is 328 g/mol. The normalized spacial score (nSPS) is 10.2. The topological polar surface area (TPSA) is 67.4 Å². The Morgan fingerprint density at radius 3 is 2.54 bits per heavy atom. The molecule has 0 aliphatic carbocycles. The molecule has 0 aliphatic rings. The van der Waals surface area contributed by atoms with Gasteiger partial charge in [-0.05, 0) is 43.2 Å². The fourth-order valence-electron chi connectivity index (χ4n) is 2.34. The van der Waals surface area contributed by atoms with Crippen LogP contribution in [0.2, 0.25) is 5.02 Å². The molecule has 0 heterocycles. The zero-order valence-corrected chi connectivity index (χ0v) is 14.5. The van der Waals surface area contributed by atoms with Crippen LogP contribution in [0.5, 0.6) is 0 Å². The van der Waals surface area contributed by atoms with E-state index < -0.39 is 11.9 Å². The monoisotopic (exact) mass is 346 g/mol. The first-order valence-corrected chi connectivity index (χ1v) is 7.80. The SMILES string of the molecule is CNc1ccccc1C(=O)OCC(=O)Nc1c(C)cc(C)cc1Cl. The first-order chi connectivity index (χ1) is 11.4. The van der Waals surface area contributed by atoms with E-state index in [2.05, 4.69) is 10.6 Å². The molecule has 0 atom stereocenters. The van der Waals surface area contributed by atoms with Gasteiger partial charge >= 0.3 is 5.97 Å². The number of carbonyl (C=O) groups excluding carboxylic acids is 2. The molecule has 0 spiro atoms. The van der Waals surface area contributed by atoms with Gasteiger partial charge in [0, 0.05) is 12.7 Å². The van der Waals surface area contributed by atoms with Crippen LogP contribution in [0.25, 0.3) is 0 Å². The predicted molar refractivity (Wildman–Crippen MR) is 95.8 cm³/mol. The minimum absolute atomic E-state index is 0.373. The van der Waals surface area contributed by atoms with Gasteiger partial charge in [0.2, 0.25) is 0 Å². The van der Waals surface area contributed by atoms with Crippen molar-refractivity contribution in [2.45, 2.75) is 13.8 Å². The van der Waals surface area contributed by atoms with Crippen molar-refractivity contribution >= 4 is 34.9 Å². The van der Waals surface area contributed by atoms with Crippen LogP contribution in [0.4, 0.5) is 11.4 Å². The molecule has 6 heteroatoms. The van der Waals surface area contributed by atoms with Crippen LogP contribution < -0.4 is 10.6 Å². The standard InChI is InChI=1S/C18H19ClN2O3/c1-11-8-12(2)17(14(19)9-11)21-16(22)10-24-18(23)13-6-4-5-7-15(13)20-3/h4-9,20H,10H2,1-3H3,(H,21,22). The Kier molecular flexibility index (Phi) is 5.82. The molecule has 0 aliphatic heterocycles. The minimum atomic E-state index is -0.568. The van der Waals surface area contributed by atoms with Crippen molar-refractivity contribution in [2.75, 3.05) is 24.3 Å². The molecule has 1 amide bonds. The number of amides is 1. The lowest BCUT2D eigenvalue weighted by Crippen LogP contribution is -2.22. The van der Waals surface area contributed by atoms with Crippen LogP contribution in [-0.2, 0) is 9.53 Å². The summed E-state index contributed by atoms with van der Waals surface area (Å²) in [5, 5.41) is 6.03. The zero-order chi connectivity index (χ0) is 17.7. The van der Waals surface area contributed by atoms with Crippen molar-refractivity contribution < 1.29 is 14.3 Å². The Hall–Kier alpha value is -2.53. The molecule has 0 unspecified atom stereocenters. The van der Waals surface area contributed by atoms with E-state index in [1.807, 2.05) is 19.9 Å². The fourth-order valence-corrected chi connectivity index (χ4v) is 2.71. The number of hydrogen-bond acceptors (Lipinski definition) is 4. The number of carbonyl (C=O) groups is 2. The van der Waals surface area contributed by atoms with Gasteiger partial charge in [0.15, 0.2) is 6.61 Å². The summed E-state index contributed by atoms with van der Waals surface area (Å²) in [6.07, 6.45) is 0. The Labute approximate surface area is 146 Å². The summed E-state index contributed by atoms with van der Waals surface area (Å²) in [5.74, 6) is -1.01. The van der Waals surface area contributed by atoms with E-state index in [9.17, 15) is 9.59 Å².